The minimum atomic E-state index is -0.539. The van der Waals surface area contributed by atoms with E-state index >= 15 is 0 Å². The highest BCUT2D eigenvalue weighted by atomic mass is 16.5. The standard InChI is InChI=1S/C29H29N3O3/c1-4-35-20-15-13-19(14-16-20)17-30-28(33)26-22-10-5-6-11-23(22)29(34)32(3)27(26)24-18-31(2)25-12-8-7-9-21(24)25/h5-16,18,26-27H,4,17H2,1-3H3,(H,30,33). The van der Waals surface area contributed by atoms with Gasteiger partial charge in [-0.1, -0.05) is 48.5 Å². The van der Waals surface area contributed by atoms with Gasteiger partial charge < -0.3 is 19.5 Å². The molecule has 4 aromatic rings. The number of ether oxygens (including phenoxy) is 1. The first-order chi connectivity index (χ1) is 17.0. The number of amides is 2. The summed E-state index contributed by atoms with van der Waals surface area (Å²) in [6.45, 7) is 2.95. The first kappa shape index (κ1) is 22.7. The average molecular weight is 468 g/mol. The van der Waals surface area contributed by atoms with Gasteiger partial charge in [-0.2, -0.15) is 0 Å². The fourth-order valence-corrected chi connectivity index (χ4v) is 5.12. The summed E-state index contributed by atoms with van der Waals surface area (Å²) in [7, 11) is 3.78. The number of aryl methyl sites for hydroxylation is 1. The van der Waals surface area contributed by atoms with E-state index in [1.807, 2.05) is 74.8 Å². The second kappa shape index (κ2) is 9.29. The third-order valence-electron chi connectivity index (χ3n) is 6.81. The topological polar surface area (TPSA) is 63.6 Å². The predicted molar refractivity (Wildman–Crippen MR) is 136 cm³/mol. The van der Waals surface area contributed by atoms with Crippen molar-refractivity contribution in [2.45, 2.75) is 25.4 Å². The Labute approximate surface area is 205 Å². The maximum atomic E-state index is 13.8. The van der Waals surface area contributed by atoms with Gasteiger partial charge in [0.25, 0.3) is 5.91 Å². The van der Waals surface area contributed by atoms with Crippen molar-refractivity contribution in [2.75, 3.05) is 13.7 Å². The molecule has 1 aliphatic heterocycles. The fourth-order valence-electron chi connectivity index (χ4n) is 5.12. The Morgan fingerprint density at radius 2 is 1.66 bits per heavy atom. The van der Waals surface area contributed by atoms with Crippen molar-refractivity contribution in [3.8, 4) is 5.75 Å². The lowest BCUT2D eigenvalue weighted by atomic mass is 9.79. The van der Waals surface area contributed by atoms with E-state index in [9.17, 15) is 9.59 Å². The van der Waals surface area contributed by atoms with Gasteiger partial charge in [-0.25, -0.2) is 0 Å². The molecular formula is C29H29N3O3. The normalized spacial score (nSPS) is 17.3. The number of hydrogen-bond acceptors (Lipinski definition) is 3. The largest absolute Gasteiger partial charge is 0.494 e. The van der Waals surface area contributed by atoms with Gasteiger partial charge in [0.1, 0.15) is 5.75 Å². The van der Waals surface area contributed by atoms with Crippen molar-refractivity contribution >= 4 is 22.7 Å². The molecule has 0 spiro atoms. The number of carbonyl (C=O) groups excluding carboxylic acids is 2. The quantitative estimate of drug-likeness (QED) is 0.443. The molecule has 1 N–H and O–H groups in total. The van der Waals surface area contributed by atoms with E-state index in [0.29, 0.717) is 18.7 Å². The van der Waals surface area contributed by atoms with Crippen molar-refractivity contribution in [2.24, 2.45) is 7.05 Å². The number of aromatic nitrogens is 1. The Hall–Kier alpha value is -4.06. The maximum Gasteiger partial charge on any atom is 0.254 e. The molecule has 0 bridgehead atoms. The molecule has 6 nitrogen and oxygen atoms in total. The molecule has 35 heavy (non-hydrogen) atoms. The zero-order valence-electron chi connectivity index (χ0n) is 20.2. The molecule has 2 unspecified atom stereocenters. The lowest BCUT2D eigenvalue weighted by Crippen LogP contribution is -2.45. The second-order valence-corrected chi connectivity index (χ2v) is 8.93. The molecule has 0 saturated carbocycles. The van der Waals surface area contributed by atoms with Crippen molar-refractivity contribution < 1.29 is 14.3 Å². The molecule has 2 amide bonds. The monoisotopic (exact) mass is 467 g/mol. The summed E-state index contributed by atoms with van der Waals surface area (Å²) < 4.78 is 7.57. The third kappa shape index (κ3) is 4.05. The van der Waals surface area contributed by atoms with Gasteiger partial charge in [0.15, 0.2) is 0 Å². The minimum absolute atomic E-state index is 0.0749. The Morgan fingerprint density at radius 3 is 2.43 bits per heavy atom. The maximum absolute atomic E-state index is 13.8. The Bertz CT molecular complexity index is 1390. The first-order valence-corrected chi connectivity index (χ1v) is 11.9. The van der Waals surface area contributed by atoms with Crippen molar-refractivity contribution in [1.82, 2.24) is 14.8 Å². The molecular weight excluding hydrogens is 438 g/mol. The van der Waals surface area contributed by atoms with E-state index in [-0.39, 0.29) is 11.8 Å². The van der Waals surface area contributed by atoms with Gasteiger partial charge in [-0.15, -0.1) is 0 Å². The number of nitrogens with one attached hydrogen (secondary N) is 1. The van der Waals surface area contributed by atoms with Crippen LogP contribution >= 0.6 is 0 Å². The number of carbonyl (C=O) groups is 2. The fraction of sp³-hybridized carbons (Fsp3) is 0.241. The molecule has 2 heterocycles. The van der Waals surface area contributed by atoms with Crippen LogP contribution in [0.4, 0.5) is 0 Å². The number of rotatable bonds is 6. The van der Waals surface area contributed by atoms with Crippen molar-refractivity contribution in [1.29, 1.82) is 0 Å². The molecule has 178 valence electrons. The van der Waals surface area contributed by atoms with Crippen molar-refractivity contribution in [3.05, 3.63) is 101 Å². The second-order valence-electron chi connectivity index (χ2n) is 8.93. The highest BCUT2D eigenvalue weighted by molar-refractivity contribution is 6.02. The van der Waals surface area contributed by atoms with Gasteiger partial charge >= 0.3 is 0 Å². The van der Waals surface area contributed by atoms with Crippen LogP contribution in [0.2, 0.25) is 0 Å². The average Bonchev–Trinajstić information content (AvgIpc) is 3.21. The zero-order valence-corrected chi connectivity index (χ0v) is 20.2. The Morgan fingerprint density at radius 1 is 0.943 bits per heavy atom. The van der Waals surface area contributed by atoms with E-state index in [1.54, 1.807) is 18.0 Å². The van der Waals surface area contributed by atoms with Gasteiger partial charge in [-0.3, -0.25) is 9.59 Å². The summed E-state index contributed by atoms with van der Waals surface area (Å²) in [5.74, 6) is 0.0834. The molecule has 2 atom stereocenters. The number of fused-ring (bicyclic) bond motifs is 2. The molecule has 1 aliphatic rings. The highest BCUT2D eigenvalue weighted by Gasteiger charge is 2.43. The number of para-hydroxylation sites is 1. The summed E-state index contributed by atoms with van der Waals surface area (Å²) >= 11 is 0. The third-order valence-corrected chi connectivity index (χ3v) is 6.81. The summed E-state index contributed by atoms with van der Waals surface area (Å²) in [5, 5.41) is 4.17. The van der Waals surface area contributed by atoms with E-state index in [2.05, 4.69) is 22.0 Å². The summed E-state index contributed by atoms with van der Waals surface area (Å²) in [5.41, 5.74) is 4.35. The van der Waals surface area contributed by atoms with Gasteiger partial charge in [0, 0.05) is 48.9 Å². The number of hydrogen-bond donors (Lipinski definition) is 1. The van der Waals surface area contributed by atoms with Gasteiger partial charge in [0.2, 0.25) is 5.91 Å². The van der Waals surface area contributed by atoms with Crippen LogP contribution in [-0.2, 0) is 18.4 Å². The predicted octanol–water partition coefficient (Wildman–Crippen LogP) is 4.80. The number of benzene rings is 3. The summed E-state index contributed by atoms with van der Waals surface area (Å²) in [6, 6.07) is 22.8. The first-order valence-electron chi connectivity index (χ1n) is 11.9. The van der Waals surface area contributed by atoms with E-state index in [0.717, 1.165) is 33.3 Å². The van der Waals surface area contributed by atoms with Crippen LogP contribution in [0.3, 0.4) is 0 Å². The van der Waals surface area contributed by atoms with Crippen LogP contribution in [0.25, 0.3) is 10.9 Å². The smallest absolute Gasteiger partial charge is 0.254 e. The van der Waals surface area contributed by atoms with Crippen LogP contribution in [0.15, 0.2) is 79.0 Å². The van der Waals surface area contributed by atoms with Crippen LogP contribution in [-0.4, -0.2) is 34.9 Å². The Kier molecular flexibility index (Phi) is 6.03. The molecule has 0 saturated heterocycles. The van der Waals surface area contributed by atoms with E-state index < -0.39 is 12.0 Å². The van der Waals surface area contributed by atoms with Crippen LogP contribution in [0.1, 0.15) is 45.9 Å². The Balaban J connectivity index is 1.52. The van der Waals surface area contributed by atoms with E-state index in [1.165, 1.54) is 0 Å². The van der Waals surface area contributed by atoms with Gasteiger partial charge in [-0.05, 0) is 42.3 Å². The highest BCUT2D eigenvalue weighted by Crippen LogP contribution is 2.44. The van der Waals surface area contributed by atoms with Crippen LogP contribution < -0.4 is 10.1 Å². The molecule has 0 aliphatic carbocycles. The lowest BCUT2D eigenvalue weighted by Gasteiger charge is -2.39. The van der Waals surface area contributed by atoms with E-state index in [4.69, 9.17) is 4.74 Å². The number of likely N-dealkylation sites (N-methyl/N-ethyl adjacent to an activating group) is 1. The van der Waals surface area contributed by atoms with Crippen LogP contribution in [0, 0.1) is 0 Å². The molecule has 3 aromatic carbocycles. The van der Waals surface area contributed by atoms with Crippen LogP contribution in [0.5, 0.6) is 5.75 Å². The lowest BCUT2D eigenvalue weighted by molar-refractivity contribution is -0.124. The molecule has 0 fully saturated rings. The summed E-state index contributed by atoms with van der Waals surface area (Å²) in [4.78, 5) is 28.9. The SMILES string of the molecule is CCOc1ccc(CNC(=O)C2c3ccccc3C(=O)N(C)C2c2cn(C)c3ccccc23)cc1. The molecule has 1 aromatic heterocycles. The number of nitrogens with zero attached hydrogens (tertiary/aromatic N) is 2. The minimum Gasteiger partial charge on any atom is -0.494 e. The molecule has 5 rings (SSSR count). The molecule has 0 radical (unpaired) electrons. The summed E-state index contributed by atoms with van der Waals surface area (Å²) in [6.07, 6.45) is 2.04. The van der Waals surface area contributed by atoms with Gasteiger partial charge in [0.05, 0.1) is 18.6 Å². The molecule has 6 heteroatoms. The van der Waals surface area contributed by atoms with Crippen molar-refractivity contribution in [3.63, 3.8) is 0 Å². The zero-order chi connectivity index (χ0) is 24.5.